The van der Waals surface area contributed by atoms with E-state index in [4.69, 9.17) is 0 Å². The Labute approximate surface area is 214 Å². The van der Waals surface area contributed by atoms with E-state index in [-0.39, 0.29) is 17.9 Å². The minimum Gasteiger partial charge on any atom is -0.352 e. The molecule has 0 fully saturated rings. The number of carbonyl (C=O) groups excluding carboxylic acids is 2. The Morgan fingerprint density at radius 2 is 1.49 bits per heavy atom. The highest BCUT2D eigenvalue weighted by atomic mass is 32.2. The fourth-order valence-corrected chi connectivity index (χ4v) is 4.65. The van der Waals surface area contributed by atoms with Crippen LogP contribution >= 0.6 is 11.8 Å². The number of aryl methyl sites for hydroxylation is 1. The molecule has 184 valence electrons. The molecule has 0 aliphatic carbocycles. The van der Waals surface area contributed by atoms with Crippen LogP contribution in [0.25, 0.3) is 0 Å². The summed E-state index contributed by atoms with van der Waals surface area (Å²) in [4.78, 5) is 30.0. The van der Waals surface area contributed by atoms with Crippen molar-refractivity contribution in [3.05, 3.63) is 102 Å². The fraction of sp³-hybridized carbons (Fsp3) is 0.333. The van der Waals surface area contributed by atoms with Crippen molar-refractivity contribution in [2.45, 2.75) is 63.6 Å². The summed E-state index contributed by atoms with van der Waals surface area (Å²) in [7, 11) is 0. The van der Waals surface area contributed by atoms with Crippen LogP contribution in [0, 0.1) is 6.92 Å². The fourth-order valence-electron chi connectivity index (χ4n) is 3.81. The zero-order valence-corrected chi connectivity index (χ0v) is 21.8. The van der Waals surface area contributed by atoms with Crippen molar-refractivity contribution >= 4 is 23.6 Å². The second kappa shape index (κ2) is 13.7. The summed E-state index contributed by atoms with van der Waals surface area (Å²) in [6.45, 7) is 6.52. The first-order valence-corrected chi connectivity index (χ1v) is 13.3. The Bertz CT molecular complexity index is 1050. The van der Waals surface area contributed by atoms with Gasteiger partial charge in [0.15, 0.2) is 0 Å². The number of benzene rings is 3. The average molecular weight is 489 g/mol. The van der Waals surface area contributed by atoms with Crippen molar-refractivity contribution in [3.63, 3.8) is 0 Å². The third-order valence-electron chi connectivity index (χ3n) is 6.07. The van der Waals surface area contributed by atoms with Crippen LogP contribution in [-0.4, -0.2) is 34.6 Å². The molecule has 3 aromatic carbocycles. The van der Waals surface area contributed by atoms with Gasteiger partial charge in [-0.1, -0.05) is 85.3 Å². The third kappa shape index (κ3) is 8.59. The Morgan fingerprint density at radius 3 is 2.09 bits per heavy atom. The topological polar surface area (TPSA) is 49.4 Å². The van der Waals surface area contributed by atoms with E-state index in [1.165, 1.54) is 5.56 Å². The molecule has 1 N–H and O–H groups in total. The molecule has 0 bridgehead atoms. The molecule has 0 aliphatic rings. The lowest BCUT2D eigenvalue weighted by Gasteiger charge is -2.32. The molecule has 35 heavy (non-hydrogen) atoms. The number of carbonyl (C=O) groups is 2. The minimum absolute atomic E-state index is 0.00584. The van der Waals surface area contributed by atoms with Gasteiger partial charge >= 0.3 is 0 Å². The highest BCUT2D eigenvalue weighted by Gasteiger charge is 2.30. The largest absolute Gasteiger partial charge is 0.352 e. The maximum absolute atomic E-state index is 13.6. The van der Waals surface area contributed by atoms with Crippen molar-refractivity contribution in [1.82, 2.24) is 10.2 Å². The molecule has 0 radical (unpaired) electrons. The van der Waals surface area contributed by atoms with Gasteiger partial charge in [-0.25, -0.2) is 0 Å². The smallest absolute Gasteiger partial charge is 0.243 e. The van der Waals surface area contributed by atoms with Crippen LogP contribution in [0.1, 0.15) is 43.4 Å². The standard InChI is InChI=1S/C30H36N2O2S/c1-4-24(3)31-30(34)28(21-25-11-7-5-8-12-25)32(22-26-13-9-6-10-14-26)29(33)19-20-35-27-17-15-23(2)16-18-27/h5-18,24,28H,4,19-22H2,1-3H3,(H,31,34). The Balaban J connectivity index is 1.82. The summed E-state index contributed by atoms with van der Waals surface area (Å²) in [5, 5.41) is 3.12. The summed E-state index contributed by atoms with van der Waals surface area (Å²) in [5.74, 6) is 0.561. The van der Waals surface area contributed by atoms with Crippen molar-refractivity contribution in [2.75, 3.05) is 5.75 Å². The molecule has 0 spiro atoms. The molecular weight excluding hydrogens is 452 g/mol. The molecule has 0 heterocycles. The molecule has 0 aliphatic heterocycles. The number of hydrogen-bond donors (Lipinski definition) is 1. The van der Waals surface area contributed by atoms with Crippen LogP contribution in [0.15, 0.2) is 89.8 Å². The third-order valence-corrected chi connectivity index (χ3v) is 7.09. The molecule has 3 rings (SSSR count). The van der Waals surface area contributed by atoms with E-state index in [2.05, 4.69) is 36.5 Å². The number of nitrogens with zero attached hydrogens (tertiary/aromatic N) is 1. The number of rotatable bonds is 12. The Kier molecular flexibility index (Phi) is 10.4. The first-order valence-electron chi connectivity index (χ1n) is 12.3. The van der Waals surface area contributed by atoms with Gasteiger partial charge in [0.2, 0.25) is 11.8 Å². The molecule has 3 aromatic rings. The van der Waals surface area contributed by atoms with Crippen LogP contribution < -0.4 is 5.32 Å². The molecule has 2 amide bonds. The molecule has 2 unspecified atom stereocenters. The summed E-state index contributed by atoms with van der Waals surface area (Å²) in [6, 6.07) is 27.7. The van der Waals surface area contributed by atoms with Gasteiger partial charge in [-0.2, -0.15) is 0 Å². The van der Waals surface area contributed by atoms with Gasteiger partial charge in [-0.3, -0.25) is 9.59 Å². The SMILES string of the molecule is CCC(C)NC(=O)C(Cc1ccccc1)N(Cc1ccccc1)C(=O)CCSc1ccc(C)cc1. The van der Waals surface area contributed by atoms with E-state index in [0.29, 0.717) is 25.1 Å². The second-order valence-corrected chi connectivity index (χ2v) is 10.1. The van der Waals surface area contributed by atoms with E-state index >= 15 is 0 Å². The number of amides is 2. The number of thioether (sulfide) groups is 1. The molecule has 4 nitrogen and oxygen atoms in total. The predicted octanol–water partition coefficient (Wildman–Crippen LogP) is 6.03. The molecular formula is C30H36N2O2S. The highest BCUT2D eigenvalue weighted by Crippen LogP contribution is 2.21. The lowest BCUT2D eigenvalue weighted by molar-refractivity contribution is -0.141. The van der Waals surface area contributed by atoms with Crippen molar-refractivity contribution in [3.8, 4) is 0 Å². The Hall–Kier alpha value is -3.05. The summed E-state index contributed by atoms with van der Waals surface area (Å²) in [5.41, 5.74) is 3.27. The average Bonchev–Trinajstić information content (AvgIpc) is 2.88. The van der Waals surface area contributed by atoms with Crippen molar-refractivity contribution in [2.24, 2.45) is 0 Å². The van der Waals surface area contributed by atoms with Gasteiger partial charge in [0, 0.05) is 36.1 Å². The summed E-state index contributed by atoms with van der Waals surface area (Å²) >= 11 is 1.67. The van der Waals surface area contributed by atoms with Crippen LogP contribution in [-0.2, 0) is 22.6 Å². The van der Waals surface area contributed by atoms with Gasteiger partial charge in [-0.15, -0.1) is 11.8 Å². The zero-order valence-electron chi connectivity index (χ0n) is 20.9. The van der Waals surface area contributed by atoms with Gasteiger partial charge < -0.3 is 10.2 Å². The molecule has 0 saturated carbocycles. The van der Waals surface area contributed by atoms with E-state index in [0.717, 1.165) is 22.4 Å². The van der Waals surface area contributed by atoms with E-state index < -0.39 is 6.04 Å². The van der Waals surface area contributed by atoms with E-state index in [1.807, 2.05) is 74.5 Å². The van der Waals surface area contributed by atoms with Gasteiger partial charge in [0.25, 0.3) is 0 Å². The van der Waals surface area contributed by atoms with Crippen LogP contribution in [0.4, 0.5) is 0 Å². The first kappa shape index (κ1) is 26.6. The Morgan fingerprint density at radius 1 is 0.886 bits per heavy atom. The lowest BCUT2D eigenvalue weighted by Crippen LogP contribution is -2.52. The van der Waals surface area contributed by atoms with Crippen LogP contribution in [0.5, 0.6) is 0 Å². The molecule has 0 aromatic heterocycles. The molecule has 5 heteroatoms. The second-order valence-electron chi connectivity index (χ2n) is 8.94. The van der Waals surface area contributed by atoms with E-state index in [9.17, 15) is 9.59 Å². The van der Waals surface area contributed by atoms with Gasteiger partial charge in [0.05, 0.1) is 0 Å². The van der Waals surface area contributed by atoms with Gasteiger partial charge in [-0.05, 0) is 43.5 Å². The first-order chi connectivity index (χ1) is 17.0. The summed E-state index contributed by atoms with van der Waals surface area (Å²) < 4.78 is 0. The highest BCUT2D eigenvalue weighted by molar-refractivity contribution is 7.99. The monoisotopic (exact) mass is 488 g/mol. The summed E-state index contributed by atoms with van der Waals surface area (Å²) in [6.07, 6.45) is 1.68. The predicted molar refractivity (Wildman–Crippen MR) is 145 cm³/mol. The van der Waals surface area contributed by atoms with Crippen molar-refractivity contribution in [1.29, 1.82) is 0 Å². The normalized spacial score (nSPS) is 12.5. The zero-order chi connectivity index (χ0) is 25.0. The molecule has 2 atom stereocenters. The van der Waals surface area contributed by atoms with Gasteiger partial charge in [0.1, 0.15) is 6.04 Å². The van der Waals surface area contributed by atoms with E-state index in [1.54, 1.807) is 16.7 Å². The quantitative estimate of drug-likeness (QED) is 0.317. The van der Waals surface area contributed by atoms with Crippen molar-refractivity contribution < 1.29 is 9.59 Å². The maximum Gasteiger partial charge on any atom is 0.243 e. The lowest BCUT2D eigenvalue weighted by atomic mass is 10.0. The van der Waals surface area contributed by atoms with Crippen LogP contribution in [0.2, 0.25) is 0 Å². The van der Waals surface area contributed by atoms with Crippen LogP contribution in [0.3, 0.4) is 0 Å². The molecule has 0 saturated heterocycles. The maximum atomic E-state index is 13.6. The number of nitrogens with one attached hydrogen (secondary N) is 1. The minimum atomic E-state index is -0.580. The number of hydrogen-bond acceptors (Lipinski definition) is 3.